The number of nitrogens with one attached hydrogen (secondary N) is 2. The van der Waals surface area contributed by atoms with E-state index in [1.165, 1.54) is 6.92 Å². The molecule has 1 amide bonds. The lowest BCUT2D eigenvalue weighted by Gasteiger charge is -2.05. The van der Waals surface area contributed by atoms with Crippen molar-refractivity contribution in [3.05, 3.63) is 47.7 Å². The highest BCUT2D eigenvalue weighted by atomic mass is 16.4. The van der Waals surface area contributed by atoms with E-state index in [1.807, 2.05) is 31.2 Å². The van der Waals surface area contributed by atoms with Crippen molar-refractivity contribution in [1.29, 1.82) is 0 Å². The Kier molecular flexibility index (Phi) is 4.30. The van der Waals surface area contributed by atoms with Gasteiger partial charge >= 0.3 is 0 Å². The quantitative estimate of drug-likeness (QED) is 0.864. The zero-order valence-electron chi connectivity index (χ0n) is 11.1. The van der Waals surface area contributed by atoms with Crippen molar-refractivity contribution in [3.8, 4) is 0 Å². The van der Waals surface area contributed by atoms with Gasteiger partial charge < -0.3 is 15.1 Å². The minimum atomic E-state index is -0.0647. The van der Waals surface area contributed by atoms with Crippen molar-refractivity contribution in [2.24, 2.45) is 0 Å². The fraction of sp³-hybridized carbons (Fsp3) is 0.286. The molecule has 0 fully saturated rings. The lowest BCUT2D eigenvalue weighted by Crippen LogP contribution is -2.13. The summed E-state index contributed by atoms with van der Waals surface area (Å²) in [5.41, 5.74) is 1.94. The Bertz CT molecular complexity index is 546. The molecule has 2 aromatic rings. The van der Waals surface area contributed by atoms with Gasteiger partial charge in [0.2, 0.25) is 11.8 Å². The molecular formula is C14H17N3O2. The molecule has 0 spiro atoms. The molecule has 1 heterocycles. The first kappa shape index (κ1) is 13.3. The van der Waals surface area contributed by atoms with Crippen LogP contribution in [0.1, 0.15) is 24.1 Å². The fourth-order valence-corrected chi connectivity index (χ4v) is 1.71. The first-order chi connectivity index (χ1) is 9.13. The van der Waals surface area contributed by atoms with Crippen molar-refractivity contribution in [1.82, 2.24) is 10.3 Å². The van der Waals surface area contributed by atoms with Crippen LogP contribution in [0.15, 0.2) is 34.9 Å². The van der Waals surface area contributed by atoms with Gasteiger partial charge in [-0.1, -0.05) is 12.1 Å². The SMILES string of the molecule is CC(=O)Nc1ccc(CNCc2ncc(C)o2)cc1. The normalized spacial score (nSPS) is 10.4. The van der Waals surface area contributed by atoms with Crippen LogP contribution in [0.3, 0.4) is 0 Å². The van der Waals surface area contributed by atoms with Gasteiger partial charge in [-0.2, -0.15) is 0 Å². The number of aryl methyl sites for hydroxylation is 1. The van der Waals surface area contributed by atoms with E-state index in [0.717, 1.165) is 23.6 Å². The summed E-state index contributed by atoms with van der Waals surface area (Å²) in [4.78, 5) is 15.0. The number of anilines is 1. The first-order valence-corrected chi connectivity index (χ1v) is 6.12. The van der Waals surface area contributed by atoms with E-state index in [4.69, 9.17) is 4.42 Å². The van der Waals surface area contributed by atoms with Gasteiger partial charge in [0, 0.05) is 19.2 Å². The summed E-state index contributed by atoms with van der Waals surface area (Å²) in [6.45, 7) is 4.69. The van der Waals surface area contributed by atoms with Gasteiger partial charge in [0.1, 0.15) is 5.76 Å². The van der Waals surface area contributed by atoms with Crippen LogP contribution in [-0.4, -0.2) is 10.9 Å². The summed E-state index contributed by atoms with van der Waals surface area (Å²) in [5.74, 6) is 1.44. The minimum absolute atomic E-state index is 0.0647. The molecule has 0 saturated carbocycles. The molecule has 19 heavy (non-hydrogen) atoms. The summed E-state index contributed by atoms with van der Waals surface area (Å²) >= 11 is 0. The molecule has 0 aliphatic carbocycles. The van der Waals surface area contributed by atoms with E-state index in [1.54, 1.807) is 6.20 Å². The molecule has 0 unspecified atom stereocenters. The molecule has 0 atom stereocenters. The van der Waals surface area contributed by atoms with E-state index < -0.39 is 0 Å². The van der Waals surface area contributed by atoms with Crippen LogP contribution >= 0.6 is 0 Å². The maximum Gasteiger partial charge on any atom is 0.221 e. The van der Waals surface area contributed by atoms with Crippen molar-refractivity contribution >= 4 is 11.6 Å². The predicted molar refractivity (Wildman–Crippen MR) is 72.5 cm³/mol. The van der Waals surface area contributed by atoms with Gasteiger partial charge in [-0.25, -0.2) is 4.98 Å². The number of amides is 1. The molecule has 2 N–H and O–H groups in total. The van der Waals surface area contributed by atoms with Crippen LogP contribution in [0.2, 0.25) is 0 Å². The highest BCUT2D eigenvalue weighted by molar-refractivity contribution is 5.88. The Morgan fingerprint density at radius 1 is 1.26 bits per heavy atom. The van der Waals surface area contributed by atoms with Gasteiger partial charge in [0.05, 0.1) is 12.7 Å². The van der Waals surface area contributed by atoms with Crippen LogP contribution in [-0.2, 0) is 17.9 Å². The van der Waals surface area contributed by atoms with E-state index in [9.17, 15) is 4.79 Å². The maximum absolute atomic E-state index is 10.9. The predicted octanol–water partition coefficient (Wildman–Crippen LogP) is 2.23. The van der Waals surface area contributed by atoms with Crippen LogP contribution in [0.4, 0.5) is 5.69 Å². The third-order valence-corrected chi connectivity index (χ3v) is 2.55. The van der Waals surface area contributed by atoms with Crippen LogP contribution < -0.4 is 10.6 Å². The number of oxazole rings is 1. The summed E-state index contributed by atoms with van der Waals surface area (Å²) in [6.07, 6.45) is 1.71. The van der Waals surface area contributed by atoms with Gasteiger partial charge in [-0.3, -0.25) is 4.79 Å². The highest BCUT2D eigenvalue weighted by Crippen LogP contribution is 2.09. The monoisotopic (exact) mass is 259 g/mol. The standard InChI is InChI=1S/C14H17N3O2/c1-10-7-16-14(19-10)9-15-8-12-3-5-13(6-4-12)17-11(2)18/h3-7,15H,8-9H2,1-2H3,(H,17,18). The third kappa shape index (κ3) is 4.22. The van der Waals surface area contributed by atoms with E-state index in [0.29, 0.717) is 12.4 Å². The molecule has 0 saturated heterocycles. The molecule has 0 aliphatic heterocycles. The molecule has 5 nitrogen and oxygen atoms in total. The summed E-state index contributed by atoms with van der Waals surface area (Å²) in [5, 5.41) is 5.98. The smallest absolute Gasteiger partial charge is 0.221 e. The second-order valence-corrected chi connectivity index (χ2v) is 4.35. The zero-order chi connectivity index (χ0) is 13.7. The Labute approximate surface area is 112 Å². The number of nitrogens with zero attached hydrogens (tertiary/aromatic N) is 1. The Morgan fingerprint density at radius 3 is 2.58 bits per heavy atom. The maximum atomic E-state index is 10.9. The van der Waals surface area contributed by atoms with Crippen LogP contribution in [0, 0.1) is 6.92 Å². The van der Waals surface area contributed by atoms with E-state index in [2.05, 4.69) is 15.6 Å². The van der Waals surface area contributed by atoms with Crippen LogP contribution in [0.25, 0.3) is 0 Å². The fourth-order valence-electron chi connectivity index (χ4n) is 1.71. The lowest BCUT2D eigenvalue weighted by atomic mass is 10.2. The molecule has 0 bridgehead atoms. The van der Waals surface area contributed by atoms with E-state index >= 15 is 0 Å². The molecule has 2 rings (SSSR count). The zero-order valence-corrected chi connectivity index (χ0v) is 11.1. The number of benzene rings is 1. The topological polar surface area (TPSA) is 67.2 Å². The minimum Gasteiger partial charge on any atom is -0.445 e. The first-order valence-electron chi connectivity index (χ1n) is 6.12. The average Bonchev–Trinajstić information content (AvgIpc) is 2.77. The number of carbonyl (C=O) groups is 1. The molecule has 5 heteroatoms. The van der Waals surface area contributed by atoms with Crippen LogP contribution in [0.5, 0.6) is 0 Å². The second-order valence-electron chi connectivity index (χ2n) is 4.35. The van der Waals surface area contributed by atoms with Gasteiger partial charge in [-0.15, -0.1) is 0 Å². The van der Waals surface area contributed by atoms with Crippen molar-refractivity contribution < 1.29 is 9.21 Å². The van der Waals surface area contributed by atoms with Crippen molar-refractivity contribution in [2.75, 3.05) is 5.32 Å². The van der Waals surface area contributed by atoms with Crippen molar-refractivity contribution in [3.63, 3.8) is 0 Å². The largest absolute Gasteiger partial charge is 0.445 e. The Balaban J connectivity index is 1.81. The number of hydrogen-bond donors (Lipinski definition) is 2. The Morgan fingerprint density at radius 2 is 2.00 bits per heavy atom. The van der Waals surface area contributed by atoms with E-state index in [-0.39, 0.29) is 5.91 Å². The second kappa shape index (κ2) is 6.15. The molecule has 1 aromatic carbocycles. The molecule has 100 valence electrons. The van der Waals surface area contributed by atoms with Gasteiger partial charge in [0.15, 0.2) is 0 Å². The number of hydrogen-bond acceptors (Lipinski definition) is 4. The molecule has 0 aliphatic rings. The highest BCUT2D eigenvalue weighted by Gasteiger charge is 2.00. The Hall–Kier alpha value is -2.14. The number of carbonyl (C=O) groups excluding carboxylic acids is 1. The molecule has 1 aromatic heterocycles. The third-order valence-electron chi connectivity index (χ3n) is 2.55. The van der Waals surface area contributed by atoms with Gasteiger partial charge in [-0.05, 0) is 24.6 Å². The lowest BCUT2D eigenvalue weighted by molar-refractivity contribution is -0.114. The number of aromatic nitrogens is 1. The number of rotatable bonds is 5. The summed E-state index contributed by atoms with van der Waals surface area (Å²) < 4.78 is 5.36. The summed E-state index contributed by atoms with van der Waals surface area (Å²) in [7, 11) is 0. The average molecular weight is 259 g/mol. The van der Waals surface area contributed by atoms with Crippen molar-refractivity contribution in [2.45, 2.75) is 26.9 Å². The summed E-state index contributed by atoms with van der Waals surface area (Å²) in [6, 6.07) is 7.71. The molecule has 0 radical (unpaired) electrons. The van der Waals surface area contributed by atoms with Gasteiger partial charge in [0.25, 0.3) is 0 Å². The molecular weight excluding hydrogens is 242 g/mol.